The number of aromatic nitrogens is 2. The van der Waals surface area contributed by atoms with Crippen LogP contribution in [0.4, 0.5) is 4.39 Å². The Morgan fingerprint density at radius 2 is 2.24 bits per heavy atom. The van der Waals surface area contributed by atoms with E-state index < -0.39 is 6.67 Å². The van der Waals surface area contributed by atoms with Gasteiger partial charge in [0.05, 0.1) is 19.9 Å². The molecule has 1 aromatic heterocycles. The third-order valence-electron chi connectivity index (χ3n) is 2.67. The van der Waals surface area contributed by atoms with Gasteiger partial charge in [-0.3, -0.25) is 4.68 Å². The van der Waals surface area contributed by atoms with Crippen LogP contribution >= 0.6 is 0 Å². The summed E-state index contributed by atoms with van der Waals surface area (Å²) in [6.07, 6.45) is 3.56. The van der Waals surface area contributed by atoms with Crippen LogP contribution in [-0.2, 0) is 6.54 Å². The molecule has 90 valence electrons. The lowest BCUT2D eigenvalue weighted by atomic mass is 10.1. The van der Waals surface area contributed by atoms with Crippen molar-refractivity contribution in [2.75, 3.05) is 13.8 Å². The highest BCUT2D eigenvalue weighted by atomic mass is 19.1. The molecule has 0 amide bonds. The first-order valence-corrected chi connectivity index (χ1v) is 5.48. The monoisotopic (exact) mass is 234 g/mol. The Balaban J connectivity index is 2.41. The molecule has 17 heavy (non-hydrogen) atoms. The summed E-state index contributed by atoms with van der Waals surface area (Å²) in [5.74, 6) is 0.840. The molecule has 3 nitrogen and oxygen atoms in total. The van der Waals surface area contributed by atoms with Gasteiger partial charge in [0, 0.05) is 17.3 Å². The van der Waals surface area contributed by atoms with E-state index in [1.54, 1.807) is 18.0 Å². The molecule has 0 radical (unpaired) electrons. The minimum Gasteiger partial charge on any atom is -0.496 e. The molecule has 4 heteroatoms. The zero-order valence-electron chi connectivity index (χ0n) is 9.98. The van der Waals surface area contributed by atoms with E-state index in [4.69, 9.17) is 4.74 Å². The second-order valence-electron chi connectivity index (χ2n) is 3.84. The van der Waals surface area contributed by atoms with Crippen molar-refractivity contribution in [2.45, 2.75) is 13.5 Å². The van der Waals surface area contributed by atoms with Gasteiger partial charge in [0.15, 0.2) is 0 Å². The second-order valence-corrected chi connectivity index (χ2v) is 3.84. The van der Waals surface area contributed by atoms with Crippen molar-refractivity contribution in [3.8, 4) is 16.9 Å². The van der Waals surface area contributed by atoms with E-state index in [-0.39, 0.29) is 6.54 Å². The van der Waals surface area contributed by atoms with E-state index in [9.17, 15) is 4.39 Å². The largest absolute Gasteiger partial charge is 0.496 e. The van der Waals surface area contributed by atoms with E-state index in [0.29, 0.717) is 0 Å². The molecule has 2 aromatic rings. The highest BCUT2D eigenvalue weighted by molar-refractivity contribution is 5.71. The fourth-order valence-electron chi connectivity index (χ4n) is 1.86. The summed E-state index contributed by atoms with van der Waals surface area (Å²) in [5.41, 5.74) is 3.00. The Morgan fingerprint density at radius 3 is 2.94 bits per heavy atom. The molecule has 1 aromatic carbocycles. The average Bonchev–Trinajstić information content (AvgIpc) is 2.78. The molecule has 1 heterocycles. The van der Waals surface area contributed by atoms with E-state index in [2.05, 4.69) is 5.10 Å². The predicted octanol–water partition coefficient (Wildman–Crippen LogP) is 2.84. The quantitative estimate of drug-likeness (QED) is 0.813. The maximum atomic E-state index is 12.2. The van der Waals surface area contributed by atoms with Crippen molar-refractivity contribution in [1.82, 2.24) is 9.78 Å². The van der Waals surface area contributed by atoms with E-state index in [1.165, 1.54) is 0 Å². The summed E-state index contributed by atoms with van der Waals surface area (Å²) in [4.78, 5) is 0. The Hall–Kier alpha value is -1.84. The highest BCUT2D eigenvalue weighted by Gasteiger charge is 2.09. The molecule has 2 rings (SSSR count). The van der Waals surface area contributed by atoms with Crippen molar-refractivity contribution >= 4 is 0 Å². The molecule has 0 aliphatic rings. The Bertz CT molecular complexity index is 508. The lowest BCUT2D eigenvalue weighted by Gasteiger charge is -2.09. The van der Waals surface area contributed by atoms with Gasteiger partial charge >= 0.3 is 0 Å². The van der Waals surface area contributed by atoms with Crippen LogP contribution in [0.1, 0.15) is 5.56 Å². The number of hydrogen-bond acceptors (Lipinski definition) is 2. The minimum absolute atomic E-state index is 0.286. The van der Waals surface area contributed by atoms with Gasteiger partial charge in [-0.1, -0.05) is 18.2 Å². The van der Waals surface area contributed by atoms with Crippen LogP contribution < -0.4 is 4.74 Å². The fourth-order valence-corrected chi connectivity index (χ4v) is 1.86. The Morgan fingerprint density at radius 1 is 1.41 bits per heavy atom. The van der Waals surface area contributed by atoms with Crippen molar-refractivity contribution in [3.05, 3.63) is 36.2 Å². The molecule has 0 aliphatic carbocycles. The third-order valence-corrected chi connectivity index (χ3v) is 2.67. The van der Waals surface area contributed by atoms with Crippen LogP contribution in [0.2, 0.25) is 0 Å². The summed E-state index contributed by atoms with van der Waals surface area (Å²) in [6, 6.07) is 5.94. The molecule has 0 spiro atoms. The standard InChI is InChI=1S/C13H15FN2O/c1-10-4-3-5-12(13(10)17-2)11-8-15-16(9-11)7-6-14/h3-5,8-9H,6-7H2,1-2H3. The van der Waals surface area contributed by atoms with E-state index in [1.807, 2.05) is 31.3 Å². The number of para-hydroxylation sites is 1. The number of halogens is 1. The van der Waals surface area contributed by atoms with Crippen LogP contribution in [0.25, 0.3) is 11.1 Å². The normalized spacial score (nSPS) is 10.5. The summed E-state index contributed by atoms with van der Waals surface area (Å²) in [7, 11) is 1.65. The number of benzene rings is 1. The number of hydrogen-bond donors (Lipinski definition) is 0. The molecule has 0 unspecified atom stereocenters. The van der Waals surface area contributed by atoms with E-state index in [0.717, 1.165) is 22.4 Å². The van der Waals surface area contributed by atoms with Crippen LogP contribution in [0, 0.1) is 6.92 Å². The number of aryl methyl sites for hydroxylation is 2. The first kappa shape index (κ1) is 11.6. The van der Waals surface area contributed by atoms with Crippen LogP contribution in [0.5, 0.6) is 5.75 Å². The summed E-state index contributed by atoms with van der Waals surface area (Å²) < 4.78 is 19.2. The van der Waals surface area contributed by atoms with Gasteiger partial charge in [0.1, 0.15) is 12.4 Å². The number of rotatable bonds is 4. The first-order valence-electron chi connectivity index (χ1n) is 5.48. The molecular weight excluding hydrogens is 219 g/mol. The fraction of sp³-hybridized carbons (Fsp3) is 0.308. The van der Waals surface area contributed by atoms with Gasteiger partial charge in [-0.25, -0.2) is 4.39 Å². The molecular formula is C13H15FN2O. The smallest absolute Gasteiger partial charge is 0.129 e. The lowest BCUT2D eigenvalue weighted by Crippen LogP contribution is -1.98. The van der Waals surface area contributed by atoms with Crippen molar-refractivity contribution in [3.63, 3.8) is 0 Å². The summed E-state index contributed by atoms with van der Waals surface area (Å²) in [5, 5.41) is 4.11. The molecule has 0 saturated heterocycles. The number of methoxy groups -OCH3 is 1. The topological polar surface area (TPSA) is 27.1 Å². The van der Waals surface area contributed by atoms with Crippen LogP contribution in [0.3, 0.4) is 0 Å². The zero-order chi connectivity index (χ0) is 12.3. The van der Waals surface area contributed by atoms with Crippen molar-refractivity contribution in [2.24, 2.45) is 0 Å². The van der Waals surface area contributed by atoms with Gasteiger partial charge in [-0.2, -0.15) is 5.10 Å². The molecule has 0 atom stereocenters. The molecule has 0 N–H and O–H groups in total. The maximum absolute atomic E-state index is 12.2. The zero-order valence-corrected chi connectivity index (χ0v) is 9.98. The maximum Gasteiger partial charge on any atom is 0.129 e. The van der Waals surface area contributed by atoms with Crippen LogP contribution in [-0.4, -0.2) is 23.6 Å². The van der Waals surface area contributed by atoms with Gasteiger partial charge < -0.3 is 4.74 Å². The van der Waals surface area contributed by atoms with Gasteiger partial charge in [0.25, 0.3) is 0 Å². The molecule has 0 bridgehead atoms. The van der Waals surface area contributed by atoms with Gasteiger partial charge in [0.2, 0.25) is 0 Å². The number of ether oxygens (including phenoxy) is 1. The second kappa shape index (κ2) is 4.99. The van der Waals surface area contributed by atoms with Gasteiger partial charge in [-0.05, 0) is 12.5 Å². The Labute approximate surface area is 99.8 Å². The Kier molecular flexibility index (Phi) is 3.42. The van der Waals surface area contributed by atoms with E-state index >= 15 is 0 Å². The first-order chi connectivity index (χ1) is 8.26. The van der Waals surface area contributed by atoms with Crippen molar-refractivity contribution in [1.29, 1.82) is 0 Å². The molecule has 0 aliphatic heterocycles. The van der Waals surface area contributed by atoms with Crippen molar-refractivity contribution < 1.29 is 9.13 Å². The molecule has 0 fully saturated rings. The lowest BCUT2D eigenvalue weighted by molar-refractivity contribution is 0.413. The molecule has 0 saturated carbocycles. The summed E-state index contributed by atoms with van der Waals surface area (Å²) >= 11 is 0. The van der Waals surface area contributed by atoms with Gasteiger partial charge in [-0.15, -0.1) is 0 Å². The SMILES string of the molecule is COc1c(C)cccc1-c1cnn(CCF)c1. The number of alkyl halides is 1. The average molecular weight is 234 g/mol. The van der Waals surface area contributed by atoms with Crippen LogP contribution in [0.15, 0.2) is 30.6 Å². The number of nitrogens with zero attached hydrogens (tertiary/aromatic N) is 2. The minimum atomic E-state index is -0.411. The predicted molar refractivity (Wildman–Crippen MR) is 64.9 cm³/mol. The highest BCUT2D eigenvalue weighted by Crippen LogP contribution is 2.32. The summed E-state index contributed by atoms with van der Waals surface area (Å²) in [6.45, 7) is 1.87. The third kappa shape index (κ3) is 2.30.